The second-order valence-electron chi connectivity index (χ2n) is 7.66. The third-order valence-electron chi connectivity index (χ3n) is 5.79. The van der Waals surface area contributed by atoms with Gasteiger partial charge in [-0.2, -0.15) is 5.10 Å². The molecule has 0 spiro atoms. The Morgan fingerprint density at radius 3 is 2.76 bits per heavy atom. The minimum Gasteiger partial charge on any atom is -0.377 e. The van der Waals surface area contributed by atoms with Gasteiger partial charge in [0.2, 0.25) is 0 Å². The minimum atomic E-state index is 0.140. The van der Waals surface area contributed by atoms with Crippen molar-refractivity contribution in [2.45, 2.75) is 42.7 Å². The number of thioether (sulfide) groups is 1. The van der Waals surface area contributed by atoms with Gasteiger partial charge >= 0.3 is 0 Å². The summed E-state index contributed by atoms with van der Waals surface area (Å²) < 4.78 is 5.73. The molecule has 1 amide bonds. The molecule has 2 aromatic rings. The van der Waals surface area contributed by atoms with E-state index in [4.69, 9.17) is 4.74 Å². The smallest absolute Gasteiger partial charge is 0.254 e. The number of rotatable bonds is 6. The largest absolute Gasteiger partial charge is 0.377 e. The van der Waals surface area contributed by atoms with Gasteiger partial charge in [-0.1, -0.05) is 12.1 Å². The Hall–Kier alpha value is -2.12. The molecule has 1 aromatic carbocycles. The van der Waals surface area contributed by atoms with Gasteiger partial charge in [0.05, 0.1) is 11.7 Å². The summed E-state index contributed by atoms with van der Waals surface area (Å²) in [5.41, 5.74) is 0.816. The van der Waals surface area contributed by atoms with Gasteiger partial charge < -0.3 is 14.5 Å². The van der Waals surface area contributed by atoms with Crippen molar-refractivity contribution < 1.29 is 9.53 Å². The summed E-state index contributed by atoms with van der Waals surface area (Å²) in [6.45, 7) is 2.39. The summed E-state index contributed by atoms with van der Waals surface area (Å²) in [6, 6.07) is 12.2. The number of benzene rings is 1. The molecule has 7 heteroatoms. The predicted molar refractivity (Wildman–Crippen MR) is 116 cm³/mol. The minimum absolute atomic E-state index is 0.140. The molecule has 2 aliphatic rings. The number of amides is 1. The first-order valence-corrected chi connectivity index (χ1v) is 11.3. The molecular formula is C22H28N4O2S. The molecule has 2 fully saturated rings. The molecule has 0 aliphatic carbocycles. The van der Waals surface area contributed by atoms with Gasteiger partial charge in [-0.05, 0) is 49.9 Å². The fourth-order valence-corrected chi connectivity index (χ4v) is 5.14. The zero-order valence-corrected chi connectivity index (χ0v) is 17.7. The number of carbonyl (C=O) groups is 1. The lowest BCUT2D eigenvalue weighted by Gasteiger charge is -2.37. The number of hydrogen-bond acceptors (Lipinski definition) is 6. The van der Waals surface area contributed by atoms with Crippen molar-refractivity contribution in [2.75, 3.05) is 37.4 Å². The fourth-order valence-electron chi connectivity index (χ4n) is 4.02. The van der Waals surface area contributed by atoms with Gasteiger partial charge in [-0.15, -0.1) is 16.9 Å². The molecule has 29 heavy (non-hydrogen) atoms. The van der Waals surface area contributed by atoms with E-state index in [-0.39, 0.29) is 5.91 Å². The van der Waals surface area contributed by atoms with Crippen LogP contribution in [0.1, 0.15) is 36.0 Å². The van der Waals surface area contributed by atoms with Crippen LogP contribution >= 0.6 is 11.8 Å². The summed E-state index contributed by atoms with van der Waals surface area (Å²) >= 11 is 1.74. The number of nitrogens with zero attached hydrogens (tertiary/aromatic N) is 4. The van der Waals surface area contributed by atoms with E-state index < -0.39 is 0 Å². The lowest BCUT2D eigenvalue weighted by Crippen LogP contribution is -2.46. The van der Waals surface area contributed by atoms with Crippen molar-refractivity contribution in [1.82, 2.24) is 15.1 Å². The summed E-state index contributed by atoms with van der Waals surface area (Å²) in [4.78, 5) is 18.4. The van der Waals surface area contributed by atoms with Crippen LogP contribution in [0.2, 0.25) is 0 Å². The first-order chi connectivity index (χ1) is 14.2. The first-order valence-electron chi connectivity index (χ1n) is 10.4. The van der Waals surface area contributed by atoms with E-state index in [1.165, 1.54) is 0 Å². The van der Waals surface area contributed by atoms with Crippen LogP contribution in [0.4, 0.5) is 5.82 Å². The molecule has 2 aliphatic heterocycles. The molecule has 1 aromatic heterocycles. The predicted octanol–water partition coefficient (Wildman–Crippen LogP) is 3.49. The Balaban J connectivity index is 1.36. The highest BCUT2D eigenvalue weighted by Gasteiger charge is 2.28. The molecule has 0 bridgehead atoms. The number of aromatic nitrogens is 2. The Morgan fingerprint density at radius 2 is 2.03 bits per heavy atom. The highest BCUT2D eigenvalue weighted by molar-refractivity contribution is 7.99. The van der Waals surface area contributed by atoms with Crippen LogP contribution in [-0.4, -0.2) is 65.6 Å². The zero-order chi connectivity index (χ0) is 20.1. The number of anilines is 1. The van der Waals surface area contributed by atoms with Crippen LogP contribution in [0.5, 0.6) is 0 Å². The average Bonchev–Trinajstić information content (AvgIpc) is 3.31. The van der Waals surface area contributed by atoms with Gasteiger partial charge in [0.25, 0.3) is 5.91 Å². The summed E-state index contributed by atoms with van der Waals surface area (Å²) in [6.07, 6.45) is 6.14. The maximum atomic E-state index is 13.2. The Kier molecular flexibility index (Phi) is 6.67. The SMILES string of the molecule is CN(c1cccnn1)C1CCN(C(=O)c2ccccc2SCC2CCCO2)CC1. The fraction of sp³-hybridized carbons (Fsp3) is 0.500. The monoisotopic (exact) mass is 412 g/mol. The van der Waals surface area contributed by atoms with Crippen LogP contribution in [-0.2, 0) is 4.74 Å². The third-order valence-corrected chi connectivity index (χ3v) is 6.99. The summed E-state index contributed by atoms with van der Waals surface area (Å²) in [5.74, 6) is 1.93. The first kappa shape index (κ1) is 20.2. The Labute approximate surface area is 176 Å². The van der Waals surface area contributed by atoms with Crippen molar-refractivity contribution in [1.29, 1.82) is 0 Å². The second-order valence-corrected chi connectivity index (χ2v) is 8.72. The quantitative estimate of drug-likeness (QED) is 0.677. The maximum absolute atomic E-state index is 13.2. The molecular weight excluding hydrogens is 384 g/mol. The van der Waals surface area contributed by atoms with Crippen LogP contribution in [0.15, 0.2) is 47.5 Å². The standard InChI is InChI=1S/C22H28N4O2S/c1-25(21-9-4-12-23-24-21)17-10-13-26(14-11-17)22(27)19-7-2-3-8-20(19)29-16-18-6-5-15-28-18/h2-4,7-9,12,17-18H,5-6,10-11,13-16H2,1H3. The van der Waals surface area contributed by atoms with Crippen LogP contribution in [0.3, 0.4) is 0 Å². The average molecular weight is 413 g/mol. The van der Waals surface area contributed by atoms with E-state index in [1.54, 1.807) is 18.0 Å². The second kappa shape index (κ2) is 9.59. The molecule has 1 unspecified atom stereocenters. The number of piperidine rings is 1. The van der Waals surface area contributed by atoms with Crippen molar-refractivity contribution >= 4 is 23.5 Å². The Morgan fingerprint density at radius 1 is 1.21 bits per heavy atom. The van der Waals surface area contributed by atoms with Crippen molar-refractivity contribution in [3.05, 3.63) is 48.2 Å². The Bertz CT molecular complexity index is 805. The molecule has 3 heterocycles. The molecule has 2 saturated heterocycles. The molecule has 154 valence electrons. The van der Waals surface area contributed by atoms with E-state index in [1.807, 2.05) is 35.2 Å². The molecule has 6 nitrogen and oxygen atoms in total. The van der Waals surface area contributed by atoms with E-state index in [2.05, 4.69) is 28.2 Å². The number of hydrogen-bond donors (Lipinski definition) is 0. The van der Waals surface area contributed by atoms with E-state index in [0.717, 1.165) is 67.4 Å². The van der Waals surface area contributed by atoms with E-state index in [0.29, 0.717) is 12.1 Å². The lowest BCUT2D eigenvalue weighted by molar-refractivity contribution is 0.0709. The number of carbonyl (C=O) groups excluding carboxylic acids is 1. The highest BCUT2D eigenvalue weighted by atomic mass is 32.2. The highest BCUT2D eigenvalue weighted by Crippen LogP contribution is 2.29. The van der Waals surface area contributed by atoms with Gasteiger partial charge in [-0.25, -0.2) is 0 Å². The van der Waals surface area contributed by atoms with E-state index in [9.17, 15) is 4.79 Å². The summed E-state index contributed by atoms with van der Waals surface area (Å²) in [7, 11) is 2.06. The van der Waals surface area contributed by atoms with Gasteiger partial charge in [0.1, 0.15) is 0 Å². The van der Waals surface area contributed by atoms with Gasteiger partial charge in [0.15, 0.2) is 5.82 Å². The third kappa shape index (κ3) is 4.90. The van der Waals surface area contributed by atoms with E-state index >= 15 is 0 Å². The van der Waals surface area contributed by atoms with Crippen molar-refractivity contribution in [3.8, 4) is 0 Å². The van der Waals surface area contributed by atoms with Gasteiger partial charge in [0, 0.05) is 49.6 Å². The molecule has 1 atom stereocenters. The molecule has 0 saturated carbocycles. The normalized spacial score (nSPS) is 20.0. The molecule has 0 N–H and O–H groups in total. The van der Waals surface area contributed by atoms with Crippen molar-refractivity contribution in [2.24, 2.45) is 0 Å². The topological polar surface area (TPSA) is 58.6 Å². The van der Waals surface area contributed by atoms with Crippen LogP contribution < -0.4 is 4.90 Å². The molecule has 4 rings (SSSR count). The van der Waals surface area contributed by atoms with Crippen LogP contribution in [0.25, 0.3) is 0 Å². The van der Waals surface area contributed by atoms with Gasteiger partial charge in [-0.3, -0.25) is 4.79 Å². The van der Waals surface area contributed by atoms with Crippen LogP contribution in [0, 0.1) is 0 Å². The number of likely N-dealkylation sites (tertiary alicyclic amines) is 1. The molecule has 0 radical (unpaired) electrons. The van der Waals surface area contributed by atoms with Crippen molar-refractivity contribution in [3.63, 3.8) is 0 Å². The maximum Gasteiger partial charge on any atom is 0.254 e. The lowest BCUT2D eigenvalue weighted by atomic mass is 10.0. The summed E-state index contributed by atoms with van der Waals surface area (Å²) in [5, 5.41) is 8.17. The zero-order valence-electron chi connectivity index (χ0n) is 16.9. The number of ether oxygens (including phenoxy) is 1.